The molecule has 5 atom stereocenters. The Balaban J connectivity index is 1.38. The average molecular weight is 363 g/mol. The second kappa shape index (κ2) is 6.23. The first-order chi connectivity index (χ1) is 11.7. The molecule has 3 rings (SSSR count). The van der Waals surface area contributed by atoms with Crippen LogP contribution >= 0.6 is 0 Å². The number of alkyl carbamates (subject to hydrolysis) is 1. The van der Waals surface area contributed by atoms with Crippen LogP contribution in [0.25, 0.3) is 0 Å². The second-order valence-electron chi connectivity index (χ2n) is 6.31. The number of amides is 1. The summed E-state index contributed by atoms with van der Waals surface area (Å²) in [5.74, 6) is -1.78. The molecule has 2 saturated carbocycles. The van der Waals surface area contributed by atoms with Gasteiger partial charge in [-0.05, 0) is 12.8 Å². The van der Waals surface area contributed by atoms with Gasteiger partial charge < -0.3 is 19.5 Å². The van der Waals surface area contributed by atoms with E-state index in [-0.39, 0.29) is 30.3 Å². The average Bonchev–Trinajstić information content (AvgIpc) is 3.14. The van der Waals surface area contributed by atoms with E-state index >= 15 is 0 Å². The van der Waals surface area contributed by atoms with Crippen molar-refractivity contribution >= 4 is 18.0 Å². The Morgan fingerprint density at radius 3 is 2.72 bits per heavy atom. The molecule has 1 aliphatic heterocycles. The molecular weight excluding hydrogens is 347 g/mol. The Labute approximate surface area is 140 Å². The molecule has 1 amide bonds. The minimum Gasteiger partial charge on any atom is -0.460 e. The number of nitrogens with one attached hydrogen (secondary N) is 1. The fourth-order valence-electron chi connectivity index (χ4n) is 3.73. The monoisotopic (exact) mass is 363 g/mol. The van der Waals surface area contributed by atoms with Gasteiger partial charge in [-0.25, -0.2) is 9.59 Å². The van der Waals surface area contributed by atoms with Crippen LogP contribution in [0.5, 0.6) is 0 Å². The molecule has 1 N–H and O–H groups in total. The van der Waals surface area contributed by atoms with Gasteiger partial charge in [0.15, 0.2) is 0 Å². The fraction of sp³-hybridized carbons (Fsp3) is 0.667. The van der Waals surface area contributed by atoms with Crippen LogP contribution < -0.4 is 5.32 Å². The summed E-state index contributed by atoms with van der Waals surface area (Å²) in [5.41, 5.74) is -1.62. The summed E-state index contributed by atoms with van der Waals surface area (Å²) in [6, 6.07) is 0. The Morgan fingerprint density at radius 1 is 1.32 bits per heavy atom. The van der Waals surface area contributed by atoms with E-state index in [4.69, 9.17) is 9.47 Å². The molecule has 0 aromatic carbocycles. The van der Waals surface area contributed by atoms with Crippen molar-refractivity contribution < 1.29 is 41.8 Å². The molecule has 0 radical (unpaired) electrons. The van der Waals surface area contributed by atoms with Crippen LogP contribution in [0, 0.1) is 17.8 Å². The smallest absolute Gasteiger partial charge is 0.422 e. The van der Waals surface area contributed by atoms with Gasteiger partial charge in [0.05, 0.1) is 12.5 Å². The van der Waals surface area contributed by atoms with Crippen molar-refractivity contribution in [3.05, 3.63) is 12.2 Å². The van der Waals surface area contributed by atoms with Crippen LogP contribution in [0.15, 0.2) is 12.2 Å². The highest BCUT2D eigenvalue weighted by molar-refractivity contribution is 5.89. The number of fused-ring (bicyclic) bond motifs is 1. The van der Waals surface area contributed by atoms with Gasteiger partial charge in [0.25, 0.3) is 0 Å². The SMILES string of the molecule is C=C(C(=O)OCCNC(=O)OC1C2CC3C(=O)OC1C3C2)C(F)(F)F. The zero-order valence-corrected chi connectivity index (χ0v) is 13.0. The number of rotatable bonds is 5. The highest BCUT2D eigenvalue weighted by atomic mass is 19.4. The van der Waals surface area contributed by atoms with E-state index in [9.17, 15) is 27.6 Å². The topological polar surface area (TPSA) is 90.9 Å². The maximum absolute atomic E-state index is 12.2. The molecule has 0 aromatic rings. The molecule has 1 heterocycles. The molecule has 5 unspecified atom stereocenters. The first-order valence-electron chi connectivity index (χ1n) is 7.76. The fourth-order valence-corrected chi connectivity index (χ4v) is 3.73. The van der Waals surface area contributed by atoms with Crippen LogP contribution in [-0.4, -0.2) is 49.6 Å². The van der Waals surface area contributed by atoms with Gasteiger partial charge in [-0.3, -0.25) is 4.79 Å². The number of ether oxygens (including phenoxy) is 3. The summed E-state index contributed by atoms with van der Waals surface area (Å²) in [6.07, 6.45) is -5.19. The van der Waals surface area contributed by atoms with Gasteiger partial charge in [0.1, 0.15) is 24.4 Å². The number of carbonyl (C=O) groups excluding carboxylic acids is 3. The van der Waals surface area contributed by atoms with Crippen molar-refractivity contribution in [1.29, 1.82) is 0 Å². The lowest BCUT2D eigenvalue weighted by Gasteiger charge is -2.25. The third-order valence-corrected chi connectivity index (χ3v) is 4.85. The van der Waals surface area contributed by atoms with Gasteiger partial charge in [-0.1, -0.05) is 6.58 Å². The first-order valence-corrected chi connectivity index (χ1v) is 7.76. The maximum Gasteiger partial charge on any atom is 0.422 e. The Kier molecular flexibility index (Phi) is 4.38. The summed E-state index contributed by atoms with van der Waals surface area (Å²) in [5, 5.41) is 2.28. The number of halogens is 3. The summed E-state index contributed by atoms with van der Waals surface area (Å²) in [7, 11) is 0. The van der Waals surface area contributed by atoms with Gasteiger partial charge in [0.2, 0.25) is 0 Å². The molecule has 2 aliphatic carbocycles. The minimum atomic E-state index is -4.86. The highest BCUT2D eigenvalue weighted by Crippen LogP contribution is 2.55. The molecule has 3 fully saturated rings. The summed E-state index contributed by atoms with van der Waals surface area (Å²) in [4.78, 5) is 34.5. The summed E-state index contributed by atoms with van der Waals surface area (Å²) in [6.45, 7) is 1.93. The molecule has 0 spiro atoms. The Hall–Kier alpha value is -2.26. The third-order valence-electron chi connectivity index (χ3n) is 4.85. The lowest BCUT2D eigenvalue weighted by atomic mass is 9.88. The van der Waals surface area contributed by atoms with Gasteiger partial charge in [-0.2, -0.15) is 13.2 Å². The lowest BCUT2D eigenvalue weighted by molar-refractivity contribution is -0.150. The number of hydrogen-bond donors (Lipinski definition) is 1. The molecule has 2 bridgehead atoms. The van der Waals surface area contributed by atoms with Crippen LogP contribution in [0.3, 0.4) is 0 Å². The van der Waals surface area contributed by atoms with Crippen LogP contribution in [-0.2, 0) is 23.8 Å². The zero-order valence-electron chi connectivity index (χ0n) is 13.0. The van der Waals surface area contributed by atoms with Crippen LogP contribution in [0.4, 0.5) is 18.0 Å². The highest BCUT2D eigenvalue weighted by Gasteiger charge is 2.63. The predicted octanol–water partition coefficient (Wildman–Crippen LogP) is 1.32. The summed E-state index contributed by atoms with van der Waals surface area (Å²) >= 11 is 0. The molecule has 0 aromatic heterocycles. The zero-order chi connectivity index (χ0) is 18.4. The Bertz CT molecular complexity index is 619. The standard InChI is InChI=1S/C15H16F3NO6/c1-6(15(16,17)18)12(20)23-3-2-19-14(22)25-10-7-4-8-9(5-7)13(21)24-11(8)10/h7-11H,1-5H2,(H,19,22). The van der Waals surface area contributed by atoms with Crippen molar-refractivity contribution in [2.24, 2.45) is 17.8 Å². The molecule has 3 aliphatic rings. The van der Waals surface area contributed by atoms with Crippen LogP contribution in [0.2, 0.25) is 0 Å². The maximum atomic E-state index is 12.2. The van der Waals surface area contributed by atoms with E-state index in [0.717, 1.165) is 6.42 Å². The van der Waals surface area contributed by atoms with E-state index in [1.165, 1.54) is 0 Å². The van der Waals surface area contributed by atoms with Gasteiger partial charge in [-0.15, -0.1) is 0 Å². The molecule has 138 valence electrons. The van der Waals surface area contributed by atoms with Crippen LogP contribution in [0.1, 0.15) is 12.8 Å². The number of alkyl halides is 3. The molecule has 10 heteroatoms. The second-order valence-corrected chi connectivity index (χ2v) is 6.31. The van der Waals surface area contributed by atoms with Crippen molar-refractivity contribution in [2.45, 2.75) is 31.2 Å². The number of carbonyl (C=O) groups is 3. The third kappa shape index (κ3) is 3.29. The van der Waals surface area contributed by atoms with E-state index in [0.29, 0.717) is 6.42 Å². The van der Waals surface area contributed by atoms with E-state index in [1.54, 1.807) is 0 Å². The van der Waals surface area contributed by atoms with E-state index in [2.05, 4.69) is 16.6 Å². The molecule has 1 saturated heterocycles. The van der Waals surface area contributed by atoms with Crippen molar-refractivity contribution in [1.82, 2.24) is 5.32 Å². The van der Waals surface area contributed by atoms with Gasteiger partial charge >= 0.3 is 24.2 Å². The van der Waals surface area contributed by atoms with E-state index in [1.807, 2.05) is 0 Å². The van der Waals surface area contributed by atoms with Crippen molar-refractivity contribution in [3.8, 4) is 0 Å². The number of esters is 2. The largest absolute Gasteiger partial charge is 0.460 e. The van der Waals surface area contributed by atoms with E-state index < -0.39 is 42.6 Å². The minimum absolute atomic E-state index is 0.0742. The summed E-state index contributed by atoms with van der Waals surface area (Å²) < 4.78 is 51.5. The molecular formula is C15H16F3NO6. The first kappa shape index (κ1) is 17.6. The predicted molar refractivity (Wildman–Crippen MR) is 74.0 cm³/mol. The lowest BCUT2D eigenvalue weighted by Crippen LogP contribution is -2.40. The molecule has 25 heavy (non-hydrogen) atoms. The quantitative estimate of drug-likeness (QED) is 0.343. The normalized spacial score (nSPS) is 32.3. The number of hydrogen-bond acceptors (Lipinski definition) is 6. The van der Waals surface area contributed by atoms with Crippen molar-refractivity contribution in [3.63, 3.8) is 0 Å². The Morgan fingerprint density at radius 2 is 2.04 bits per heavy atom. The van der Waals surface area contributed by atoms with Gasteiger partial charge in [0, 0.05) is 11.8 Å². The molecule has 7 nitrogen and oxygen atoms in total. The van der Waals surface area contributed by atoms with Crippen molar-refractivity contribution in [2.75, 3.05) is 13.2 Å².